The lowest BCUT2D eigenvalue weighted by Crippen LogP contribution is -2.09. The van der Waals surface area contributed by atoms with Crippen LogP contribution in [0.15, 0.2) is 24.3 Å². The fourth-order valence-electron chi connectivity index (χ4n) is 1.20. The number of hydrogen-bond acceptors (Lipinski definition) is 4. The van der Waals surface area contributed by atoms with Gasteiger partial charge in [-0.25, -0.2) is 8.78 Å². The van der Waals surface area contributed by atoms with Gasteiger partial charge in [-0.3, -0.25) is 10.1 Å². The molecule has 2 aromatic rings. The molecule has 1 heterocycles. The molecule has 0 radical (unpaired) electrons. The molecule has 0 aliphatic heterocycles. The van der Waals surface area contributed by atoms with E-state index in [2.05, 4.69) is 25.9 Å². The molecule has 0 unspecified atom stereocenters. The molecule has 0 saturated carbocycles. The van der Waals surface area contributed by atoms with E-state index in [1.165, 1.54) is 6.07 Å². The van der Waals surface area contributed by atoms with Gasteiger partial charge in [0.2, 0.25) is 0 Å². The third kappa shape index (κ3) is 2.73. The molecule has 0 aliphatic carbocycles. The Bertz CT molecular complexity index is 562. The summed E-state index contributed by atoms with van der Waals surface area (Å²) in [6.07, 6.45) is 2.00. The molecule has 0 atom stereocenters. The first-order chi connectivity index (χ1) is 8.66. The zero-order valence-electron chi connectivity index (χ0n) is 8.89. The molecule has 0 bridgehead atoms. The maximum absolute atomic E-state index is 13.2. The Morgan fingerprint density at radius 3 is 2.67 bits per heavy atom. The van der Waals surface area contributed by atoms with Crippen LogP contribution in [-0.2, 0) is 4.79 Å². The fourth-order valence-corrected chi connectivity index (χ4v) is 1.20. The maximum atomic E-state index is 13.2. The van der Waals surface area contributed by atoms with Gasteiger partial charge in [0.1, 0.15) is 11.6 Å². The smallest absolute Gasteiger partial charge is 0.270 e. The summed E-state index contributed by atoms with van der Waals surface area (Å²) in [4.78, 5) is 11.3. The molecule has 2 N–H and O–H groups in total. The van der Waals surface area contributed by atoms with Crippen molar-refractivity contribution in [1.29, 1.82) is 0 Å². The summed E-state index contributed by atoms with van der Waals surface area (Å²) in [6.45, 7) is 0. The first-order valence-corrected chi connectivity index (χ1v) is 4.83. The highest BCUT2D eigenvalue weighted by atomic mass is 19.1. The molecule has 0 spiro atoms. The number of H-pyrrole nitrogens is 1. The quantitative estimate of drug-likeness (QED) is 0.801. The van der Waals surface area contributed by atoms with Crippen molar-refractivity contribution in [2.75, 3.05) is 5.32 Å². The second-order valence-corrected chi connectivity index (χ2v) is 3.19. The number of nitrogens with zero attached hydrogens (tertiary/aromatic N) is 3. The van der Waals surface area contributed by atoms with Gasteiger partial charge in [-0.1, -0.05) is 11.2 Å². The van der Waals surface area contributed by atoms with Crippen molar-refractivity contribution in [2.45, 2.75) is 0 Å². The molecule has 0 aliphatic rings. The van der Waals surface area contributed by atoms with Crippen molar-refractivity contribution in [3.05, 3.63) is 41.5 Å². The van der Waals surface area contributed by atoms with Gasteiger partial charge >= 0.3 is 0 Å². The zero-order valence-corrected chi connectivity index (χ0v) is 8.89. The van der Waals surface area contributed by atoms with E-state index in [1.807, 2.05) is 0 Å². The first-order valence-electron chi connectivity index (χ1n) is 4.83. The van der Waals surface area contributed by atoms with Gasteiger partial charge in [-0.2, -0.15) is 5.21 Å². The van der Waals surface area contributed by atoms with Gasteiger partial charge in [0.25, 0.3) is 11.9 Å². The predicted octanol–water partition coefficient (Wildman–Crippen LogP) is 1.13. The molecule has 0 fully saturated rings. The van der Waals surface area contributed by atoms with E-state index < -0.39 is 17.5 Å². The number of rotatable bonds is 3. The van der Waals surface area contributed by atoms with Gasteiger partial charge in [0.15, 0.2) is 0 Å². The SMILES string of the molecule is O=C(/C=C\c1c(F)cccc1F)Nc1nn[nH]n1. The largest absolute Gasteiger partial charge is 0.288 e. The molecule has 8 heteroatoms. The lowest BCUT2D eigenvalue weighted by atomic mass is 10.2. The van der Waals surface area contributed by atoms with Crippen LogP contribution in [0.2, 0.25) is 0 Å². The average molecular weight is 251 g/mol. The van der Waals surface area contributed by atoms with Crippen LogP contribution in [0.4, 0.5) is 14.7 Å². The summed E-state index contributed by atoms with van der Waals surface area (Å²) in [5.74, 6) is -2.16. The summed E-state index contributed by atoms with van der Waals surface area (Å²) >= 11 is 0. The van der Waals surface area contributed by atoms with Crippen LogP contribution >= 0.6 is 0 Å². The molecule has 6 nitrogen and oxygen atoms in total. The predicted molar refractivity (Wildman–Crippen MR) is 58.2 cm³/mol. The Balaban J connectivity index is 2.09. The van der Waals surface area contributed by atoms with E-state index in [9.17, 15) is 13.6 Å². The lowest BCUT2D eigenvalue weighted by Gasteiger charge is -1.98. The fraction of sp³-hybridized carbons (Fsp3) is 0. The first kappa shape index (κ1) is 11.8. The second-order valence-electron chi connectivity index (χ2n) is 3.19. The van der Waals surface area contributed by atoms with Crippen molar-refractivity contribution in [2.24, 2.45) is 0 Å². The van der Waals surface area contributed by atoms with Gasteiger partial charge in [0, 0.05) is 11.6 Å². The minimum Gasteiger partial charge on any atom is -0.288 e. The van der Waals surface area contributed by atoms with Crippen molar-refractivity contribution < 1.29 is 13.6 Å². The Hall–Kier alpha value is -2.64. The molecule has 1 amide bonds. The number of halogens is 2. The molecule has 0 saturated heterocycles. The van der Waals surface area contributed by atoms with Crippen LogP contribution in [0.5, 0.6) is 0 Å². The number of anilines is 1. The van der Waals surface area contributed by atoms with Crippen LogP contribution in [0.25, 0.3) is 6.08 Å². The Morgan fingerprint density at radius 2 is 2.06 bits per heavy atom. The standard InChI is InChI=1S/C10H7F2N5O/c11-7-2-1-3-8(12)6(7)4-5-9(18)13-10-14-16-17-15-10/h1-5H,(H2,13,14,15,16,17,18)/b5-4-. The Kier molecular flexibility index (Phi) is 3.37. The number of carbonyl (C=O) groups excluding carboxylic acids is 1. The van der Waals surface area contributed by atoms with Gasteiger partial charge < -0.3 is 0 Å². The number of tetrazole rings is 1. The molecule has 2 rings (SSSR count). The van der Waals surface area contributed by atoms with E-state index in [0.717, 1.165) is 24.3 Å². The summed E-state index contributed by atoms with van der Waals surface area (Å²) in [5, 5.41) is 14.6. The Labute approximate surface area is 99.7 Å². The third-order valence-electron chi connectivity index (χ3n) is 1.98. The van der Waals surface area contributed by atoms with E-state index in [0.29, 0.717) is 0 Å². The molecule has 1 aromatic heterocycles. The molecular weight excluding hydrogens is 244 g/mol. The van der Waals surface area contributed by atoms with E-state index in [1.54, 1.807) is 0 Å². The monoisotopic (exact) mass is 251 g/mol. The van der Waals surface area contributed by atoms with Crippen molar-refractivity contribution in [1.82, 2.24) is 20.6 Å². The van der Waals surface area contributed by atoms with Crippen molar-refractivity contribution in [3.8, 4) is 0 Å². The van der Waals surface area contributed by atoms with Crippen LogP contribution in [0.3, 0.4) is 0 Å². The average Bonchev–Trinajstić information content (AvgIpc) is 2.81. The number of benzene rings is 1. The molecular formula is C10H7F2N5O. The number of hydrogen-bond donors (Lipinski definition) is 2. The topological polar surface area (TPSA) is 83.6 Å². The highest BCUT2D eigenvalue weighted by Gasteiger charge is 2.06. The van der Waals surface area contributed by atoms with Gasteiger partial charge in [-0.05, 0) is 23.4 Å². The van der Waals surface area contributed by atoms with Crippen LogP contribution in [-0.4, -0.2) is 26.5 Å². The second kappa shape index (κ2) is 5.13. The van der Waals surface area contributed by atoms with E-state index in [-0.39, 0.29) is 11.5 Å². The van der Waals surface area contributed by atoms with Crippen molar-refractivity contribution >= 4 is 17.9 Å². The van der Waals surface area contributed by atoms with Crippen LogP contribution in [0.1, 0.15) is 5.56 Å². The highest BCUT2D eigenvalue weighted by molar-refractivity contribution is 6.00. The lowest BCUT2D eigenvalue weighted by molar-refractivity contribution is -0.111. The highest BCUT2D eigenvalue weighted by Crippen LogP contribution is 2.13. The van der Waals surface area contributed by atoms with E-state index >= 15 is 0 Å². The van der Waals surface area contributed by atoms with E-state index in [4.69, 9.17) is 0 Å². The minimum atomic E-state index is -0.751. The summed E-state index contributed by atoms with van der Waals surface area (Å²) in [7, 11) is 0. The van der Waals surface area contributed by atoms with Gasteiger partial charge in [0.05, 0.1) is 0 Å². The zero-order chi connectivity index (χ0) is 13.0. The summed E-state index contributed by atoms with van der Waals surface area (Å²) in [5.41, 5.74) is -0.291. The number of aromatic nitrogens is 4. The molecule has 1 aromatic carbocycles. The number of nitrogens with one attached hydrogen (secondary N) is 2. The normalized spacial score (nSPS) is 10.8. The molecule has 18 heavy (non-hydrogen) atoms. The maximum Gasteiger partial charge on any atom is 0.270 e. The number of aromatic amines is 1. The minimum absolute atomic E-state index is 0.0290. The van der Waals surface area contributed by atoms with Crippen molar-refractivity contribution in [3.63, 3.8) is 0 Å². The van der Waals surface area contributed by atoms with Crippen LogP contribution < -0.4 is 5.32 Å². The molecule has 92 valence electrons. The summed E-state index contributed by atoms with van der Waals surface area (Å²) in [6, 6.07) is 3.43. The van der Waals surface area contributed by atoms with Gasteiger partial charge in [-0.15, -0.1) is 5.10 Å². The number of amides is 1. The third-order valence-corrected chi connectivity index (χ3v) is 1.98. The Morgan fingerprint density at radius 1 is 1.33 bits per heavy atom. The number of carbonyl (C=O) groups is 1. The summed E-state index contributed by atoms with van der Waals surface area (Å²) < 4.78 is 26.4. The van der Waals surface area contributed by atoms with Crippen LogP contribution in [0, 0.1) is 11.6 Å².